The largest absolute Gasteiger partial charge is 0.468 e. The Morgan fingerprint density at radius 2 is 2.31 bits per heavy atom. The Morgan fingerprint density at radius 3 is 2.81 bits per heavy atom. The molecule has 16 heavy (non-hydrogen) atoms. The number of hydrogen-bond acceptors (Lipinski definition) is 4. The summed E-state index contributed by atoms with van der Waals surface area (Å²) in [5.74, 6) is -0.539. The number of carbonyl (C=O) groups is 2. The van der Waals surface area contributed by atoms with Gasteiger partial charge in [-0.3, -0.25) is 9.59 Å². The number of nitrogens with two attached hydrogens (primary N) is 1. The first-order chi connectivity index (χ1) is 7.56. The van der Waals surface area contributed by atoms with Crippen molar-refractivity contribution in [3.63, 3.8) is 0 Å². The van der Waals surface area contributed by atoms with Gasteiger partial charge in [0.25, 0.3) is 0 Å². The number of ether oxygens (including phenoxy) is 1. The van der Waals surface area contributed by atoms with E-state index in [1.807, 2.05) is 0 Å². The second-order valence-electron chi connectivity index (χ2n) is 4.87. The molecular weight excluding hydrogens is 208 g/mol. The normalized spacial score (nSPS) is 28.4. The van der Waals surface area contributed by atoms with Crippen molar-refractivity contribution in [2.75, 3.05) is 7.11 Å². The van der Waals surface area contributed by atoms with Crippen molar-refractivity contribution in [3.8, 4) is 0 Å². The van der Waals surface area contributed by atoms with Crippen molar-refractivity contribution in [3.05, 3.63) is 0 Å². The molecule has 90 valence electrons. The van der Waals surface area contributed by atoms with Crippen LogP contribution in [-0.4, -0.2) is 30.6 Å². The fraction of sp³-hybridized carbons (Fsp3) is 0.818. The van der Waals surface area contributed by atoms with E-state index in [1.54, 1.807) is 0 Å². The summed E-state index contributed by atoms with van der Waals surface area (Å²) in [6.07, 6.45) is 4.41. The molecule has 0 aromatic carbocycles. The molecule has 2 rings (SSSR count). The molecule has 5 heteroatoms. The molecule has 1 unspecified atom stereocenters. The van der Waals surface area contributed by atoms with E-state index in [0.29, 0.717) is 6.42 Å². The predicted octanol–water partition coefficient (Wildman–Crippen LogP) is -0.0644. The first-order valence-electron chi connectivity index (χ1n) is 5.72. The van der Waals surface area contributed by atoms with Gasteiger partial charge in [0, 0.05) is 11.5 Å². The van der Waals surface area contributed by atoms with Gasteiger partial charge in [0.05, 0.1) is 7.11 Å². The van der Waals surface area contributed by atoms with Gasteiger partial charge in [-0.1, -0.05) is 0 Å². The average Bonchev–Trinajstić information content (AvgIpc) is 3.01. The molecule has 2 aliphatic rings. The smallest absolute Gasteiger partial charge is 0.322 e. The van der Waals surface area contributed by atoms with Gasteiger partial charge in [-0.2, -0.15) is 0 Å². The van der Waals surface area contributed by atoms with E-state index in [4.69, 9.17) is 5.73 Å². The van der Waals surface area contributed by atoms with Crippen LogP contribution < -0.4 is 11.1 Å². The van der Waals surface area contributed by atoms with Crippen LogP contribution in [0.1, 0.15) is 32.1 Å². The number of piperidine rings is 1. The summed E-state index contributed by atoms with van der Waals surface area (Å²) in [6.45, 7) is 0. The molecule has 0 aromatic rings. The van der Waals surface area contributed by atoms with Gasteiger partial charge >= 0.3 is 5.97 Å². The zero-order chi connectivity index (χ0) is 11.8. The lowest BCUT2D eigenvalue weighted by molar-refractivity contribution is -0.143. The lowest BCUT2D eigenvalue weighted by atomic mass is 9.88. The van der Waals surface area contributed by atoms with E-state index in [2.05, 4.69) is 10.1 Å². The molecule has 2 fully saturated rings. The zero-order valence-electron chi connectivity index (χ0n) is 9.49. The SMILES string of the molecule is COC(=O)[C@@H](N)CC1CCC2(CC2)NC1=O. The number of esters is 1. The summed E-state index contributed by atoms with van der Waals surface area (Å²) in [5, 5.41) is 3.03. The van der Waals surface area contributed by atoms with Crippen molar-refractivity contribution in [2.24, 2.45) is 11.7 Å². The Bertz CT molecular complexity index is 312. The maximum Gasteiger partial charge on any atom is 0.322 e. The summed E-state index contributed by atoms with van der Waals surface area (Å²) in [4.78, 5) is 22.9. The van der Waals surface area contributed by atoms with Gasteiger partial charge in [-0.05, 0) is 32.1 Å². The Labute approximate surface area is 94.7 Å². The number of rotatable bonds is 3. The molecule has 5 nitrogen and oxygen atoms in total. The summed E-state index contributed by atoms with van der Waals surface area (Å²) in [5.41, 5.74) is 5.75. The lowest BCUT2D eigenvalue weighted by Gasteiger charge is -2.30. The van der Waals surface area contributed by atoms with E-state index in [9.17, 15) is 9.59 Å². The Kier molecular flexibility index (Phi) is 2.88. The molecule has 3 N–H and O–H groups in total. The van der Waals surface area contributed by atoms with Gasteiger partial charge < -0.3 is 15.8 Å². The maximum absolute atomic E-state index is 11.8. The maximum atomic E-state index is 11.8. The molecule has 0 aromatic heterocycles. The third-order valence-corrected chi connectivity index (χ3v) is 3.63. The van der Waals surface area contributed by atoms with E-state index < -0.39 is 12.0 Å². The first kappa shape index (κ1) is 11.4. The number of nitrogens with one attached hydrogen (secondary N) is 1. The molecule has 0 bridgehead atoms. The van der Waals surface area contributed by atoms with E-state index in [0.717, 1.165) is 25.7 Å². The van der Waals surface area contributed by atoms with Gasteiger partial charge in [0.15, 0.2) is 0 Å². The Balaban J connectivity index is 1.86. The van der Waals surface area contributed by atoms with Crippen molar-refractivity contribution < 1.29 is 14.3 Å². The fourth-order valence-corrected chi connectivity index (χ4v) is 2.31. The van der Waals surface area contributed by atoms with Crippen LogP contribution in [0.25, 0.3) is 0 Å². The van der Waals surface area contributed by atoms with Crippen LogP contribution in [-0.2, 0) is 14.3 Å². The highest BCUT2D eigenvalue weighted by molar-refractivity contribution is 5.82. The minimum absolute atomic E-state index is 0.0445. The molecule has 2 atom stereocenters. The summed E-state index contributed by atoms with van der Waals surface area (Å²) in [7, 11) is 1.31. The van der Waals surface area contributed by atoms with Gasteiger partial charge in [-0.25, -0.2) is 0 Å². The third kappa shape index (κ3) is 2.19. The molecule has 1 aliphatic heterocycles. The zero-order valence-corrected chi connectivity index (χ0v) is 9.49. The second-order valence-corrected chi connectivity index (χ2v) is 4.87. The van der Waals surface area contributed by atoms with Crippen LogP contribution >= 0.6 is 0 Å². The molecule has 1 spiro atoms. The summed E-state index contributed by atoms with van der Waals surface area (Å²) < 4.78 is 4.55. The van der Waals surface area contributed by atoms with Crippen LogP contribution in [0.3, 0.4) is 0 Å². The lowest BCUT2D eigenvalue weighted by Crippen LogP contribution is -2.48. The van der Waals surface area contributed by atoms with Crippen molar-refractivity contribution >= 4 is 11.9 Å². The monoisotopic (exact) mass is 226 g/mol. The van der Waals surface area contributed by atoms with Crippen molar-refractivity contribution in [2.45, 2.75) is 43.7 Å². The number of methoxy groups -OCH3 is 1. The first-order valence-corrected chi connectivity index (χ1v) is 5.72. The van der Waals surface area contributed by atoms with E-state index >= 15 is 0 Å². The van der Waals surface area contributed by atoms with Crippen LogP contribution in [0.2, 0.25) is 0 Å². The molecule has 1 saturated carbocycles. The summed E-state index contributed by atoms with van der Waals surface area (Å²) >= 11 is 0. The molecular formula is C11H18N2O3. The third-order valence-electron chi connectivity index (χ3n) is 3.63. The number of hydrogen-bond donors (Lipinski definition) is 2. The molecule has 1 aliphatic carbocycles. The highest BCUT2D eigenvalue weighted by Crippen LogP contribution is 2.43. The van der Waals surface area contributed by atoms with Gasteiger partial charge in [0.1, 0.15) is 6.04 Å². The van der Waals surface area contributed by atoms with Crippen LogP contribution in [0.5, 0.6) is 0 Å². The van der Waals surface area contributed by atoms with Gasteiger partial charge in [-0.15, -0.1) is 0 Å². The van der Waals surface area contributed by atoms with E-state index in [1.165, 1.54) is 7.11 Å². The van der Waals surface area contributed by atoms with Crippen LogP contribution in [0.15, 0.2) is 0 Å². The second kappa shape index (κ2) is 4.05. The molecule has 1 saturated heterocycles. The van der Waals surface area contributed by atoms with Crippen molar-refractivity contribution in [1.82, 2.24) is 5.32 Å². The number of amides is 1. The molecule has 0 radical (unpaired) electrons. The average molecular weight is 226 g/mol. The molecule has 1 heterocycles. The van der Waals surface area contributed by atoms with Gasteiger partial charge in [0.2, 0.25) is 5.91 Å². The van der Waals surface area contributed by atoms with Crippen LogP contribution in [0.4, 0.5) is 0 Å². The minimum Gasteiger partial charge on any atom is -0.468 e. The predicted molar refractivity (Wildman–Crippen MR) is 57.4 cm³/mol. The minimum atomic E-state index is -0.686. The van der Waals surface area contributed by atoms with Crippen LogP contribution in [0, 0.1) is 5.92 Å². The quantitative estimate of drug-likeness (QED) is 0.660. The Hall–Kier alpha value is -1.10. The highest BCUT2D eigenvalue weighted by Gasteiger charge is 2.48. The summed E-state index contributed by atoms with van der Waals surface area (Å²) in [6, 6.07) is -0.686. The fourth-order valence-electron chi connectivity index (χ4n) is 2.31. The Morgan fingerprint density at radius 1 is 1.62 bits per heavy atom. The van der Waals surface area contributed by atoms with E-state index in [-0.39, 0.29) is 17.4 Å². The molecule has 1 amide bonds. The standard InChI is InChI=1S/C11H18N2O3/c1-16-10(15)8(12)6-7-2-3-11(4-5-11)13-9(7)14/h7-8H,2-6,12H2,1H3,(H,13,14)/t7?,8-/m0/s1. The van der Waals surface area contributed by atoms with Crippen molar-refractivity contribution in [1.29, 1.82) is 0 Å². The topological polar surface area (TPSA) is 81.4 Å². The highest BCUT2D eigenvalue weighted by atomic mass is 16.5. The number of carbonyl (C=O) groups excluding carboxylic acids is 2.